The fourth-order valence-corrected chi connectivity index (χ4v) is 5.12. The molecule has 3 fully saturated rings. The summed E-state index contributed by atoms with van der Waals surface area (Å²) < 4.78 is 0. The molecular formula is C21H39N3O. The van der Waals surface area contributed by atoms with E-state index in [-0.39, 0.29) is 5.92 Å². The lowest BCUT2D eigenvalue weighted by molar-refractivity contribution is -0.136. The standard InChI is InChI=1S/C21H39N3O/c1-16(2)18-5-10-22(11-6-18)20-8-13-23(14-9-20)21(25)19-7-12-24(15-19)17(3)4/h16-20H,5-15H2,1-4H3/t19-/m0/s1. The lowest BCUT2D eigenvalue weighted by Crippen LogP contribution is -2.50. The van der Waals surface area contributed by atoms with E-state index in [1.54, 1.807) is 0 Å². The maximum absolute atomic E-state index is 12.9. The molecule has 25 heavy (non-hydrogen) atoms. The average molecular weight is 350 g/mol. The Labute approximate surface area is 154 Å². The number of nitrogens with zero attached hydrogens (tertiary/aromatic N) is 3. The Kier molecular flexibility index (Phi) is 6.43. The van der Waals surface area contributed by atoms with Crippen LogP contribution in [0, 0.1) is 17.8 Å². The highest BCUT2D eigenvalue weighted by molar-refractivity contribution is 5.79. The summed E-state index contributed by atoms with van der Waals surface area (Å²) in [6, 6.07) is 1.28. The Morgan fingerprint density at radius 2 is 1.48 bits per heavy atom. The van der Waals surface area contributed by atoms with Crippen LogP contribution in [0.2, 0.25) is 0 Å². The van der Waals surface area contributed by atoms with Crippen LogP contribution in [0.5, 0.6) is 0 Å². The molecule has 0 aliphatic carbocycles. The van der Waals surface area contributed by atoms with Gasteiger partial charge in [0.25, 0.3) is 0 Å². The Balaban J connectivity index is 1.42. The van der Waals surface area contributed by atoms with Crippen LogP contribution in [0.25, 0.3) is 0 Å². The van der Waals surface area contributed by atoms with E-state index in [1.165, 1.54) is 38.8 Å². The molecule has 0 N–H and O–H groups in total. The molecule has 3 aliphatic heterocycles. The number of rotatable bonds is 4. The number of likely N-dealkylation sites (tertiary alicyclic amines) is 3. The van der Waals surface area contributed by atoms with Gasteiger partial charge in [-0.05, 0) is 77.4 Å². The van der Waals surface area contributed by atoms with Crippen LogP contribution in [-0.2, 0) is 4.79 Å². The van der Waals surface area contributed by atoms with Gasteiger partial charge in [0.15, 0.2) is 0 Å². The molecule has 3 heterocycles. The second-order valence-corrected chi connectivity index (χ2v) is 9.25. The highest BCUT2D eigenvalue weighted by Gasteiger charge is 2.35. The first-order chi connectivity index (χ1) is 12.0. The van der Waals surface area contributed by atoms with Crippen molar-refractivity contribution in [1.82, 2.24) is 14.7 Å². The molecule has 1 amide bonds. The molecular weight excluding hydrogens is 310 g/mol. The zero-order valence-corrected chi connectivity index (χ0v) is 16.9. The monoisotopic (exact) mass is 349 g/mol. The van der Waals surface area contributed by atoms with E-state index in [1.807, 2.05) is 0 Å². The number of hydrogen-bond acceptors (Lipinski definition) is 3. The summed E-state index contributed by atoms with van der Waals surface area (Å²) >= 11 is 0. The third-order valence-corrected chi connectivity index (χ3v) is 7.11. The molecule has 3 saturated heterocycles. The minimum atomic E-state index is 0.251. The average Bonchev–Trinajstić information content (AvgIpc) is 3.12. The van der Waals surface area contributed by atoms with E-state index in [0.29, 0.717) is 18.0 Å². The summed E-state index contributed by atoms with van der Waals surface area (Å²) in [5.41, 5.74) is 0. The van der Waals surface area contributed by atoms with E-state index >= 15 is 0 Å². The second-order valence-electron chi connectivity index (χ2n) is 9.25. The number of piperidine rings is 2. The molecule has 144 valence electrons. The summed E-state index contributed by atoms with van der Waals surface area (Å²) in [6.07, 6.45) is 6.14. The van der Waals surface area contributed by atoms with Crippen molar-refractivity contribution in [3.8, 4) is 0 Å². The first kappa shape index (κ1) is 19.2. The zero-order valence-electron chi connectivity index (χ0n) is 16.9. The van der Waals surface area contributed by atoms with Gasteiger partial charge in [-0.1, -0.05) is 13.8 Å². The molecule has 0 aromatic rings. The molecule has 3 rings (SSSR count). The molecule has 0 radical (unpaired) electrons. The number of hydrogen-bond donors (Lipinski definition) is 0. The minimum absolute atomic E-state index is 0.251. The number of amides is 1. The van der Waals surface area contributed by atoms with Crippen LogP contribution in [0.1, 0.15) is 59.8 Å². The Bertz CT molecular complexity index is 434. The Hall–Kier alpha value is -0.610. The highest BCUT2D eigenvalue weighted by Crippen LogP contribution is 2.29. The van der Waals surface area contributed by atoms with Crippen LogP contribution in [-0.4, -0.2) is 72.0 Å². The molecule has 4 nitrogen and oxygen atoms in total. The van der Waals surface area contributed by atoms with Crippen molar-refractivity contribution in [3.63, 3.8) is 0 Å². The van der Waals surface area contributed by atoms with Crippen molar-refractivity contribution in [1.29, 1.82) is 0 Å². The van der Waals surface area contributed by atoms with Crippen molar-refractivity contribution >= 4 is 5.91 Å². The lowest BCUT2D eigenvalue weighted by atomic mass is 9.85. The number of carbonyl (C=O) groups is 1. The third kappa shape index (κ3) is 4.57. The van der Waals surface area contributed by atoms with E-state index < -0.39 is 0 Å². The van der Waals surface area contributed by atoms with Crippen LogP contribution in [0.3, 0.4) is 0 Å². The fourth-order valence-electron chi connectivity index (χ4n) is 5.12. The van der Waals surface area contributed by atoms with E-state index in [0.717, 1.165) is 44.4 Å². The van der Waals surface area contributed by atoms with Gasteiger partial charge in [0.05, 0.1) is 5.92 Å². The Morgan fingerprint density at radius 1 is 0.840 bits per heavy atom. The van der Waals surface area contributed by atoms with Gasteiger partial charge in [-0.25, -0.2) is 0 Å². The third-order valence-electron chi connectivity index (χ3n) is 7.11. The van der Waals surface area contributed by atoms with Crippen molar-refractivity contribution in [2.24, 2.45) is 17.8 Å². The van der Waals surface area contributed by atoms with Gasteiger partial charge in [-0.15, -0.1) is 0 Å². The first-order valence-electron chi connectivity index (χ1n) is 10.7. The van der Waals surface area contributed by atoms with Crippen LogP contribution < -0.4 is 0 Å². The van der Waals surface area contributed by atoms with Gasteiger partial charge in [0, 0.05) is 31.7 Å². The smallest absolute Gasteiger partial charge is 0.227 e. The van der Waals surface area contributed by atoms with E-state index in [2.05, 4.69) is 42.4 Å². The molecule has 3 aliphatic rings. The van der Waals surface area contributed by atoms with E-state index in [9.17, 15) is 4.79 Å². The zero-order chi connectivity index (χ0) is 18.0. The van der Waals surface area contributed by atoms with Crippen molar-refractivity contribution in [3.05, 3.63) is 0 Å². The topological polar surface area (TPSA) is 26.8 Å². The molecule has 0 unspecified atom stereocenters. The maximum atomic E-state index is 12.9. The molecule has 0 saturated carbocycles. The first-order valence-corrected chi connectivity index (χ1v) is 10.7. The summed E-state index contributed by atoms with van der Waals surface area (Å²) in [5.74, 6) is 2.43. The largest absolute Gasteiger partial charge is 0.342 e. The molecule has 0 aromatic carbocycles. The quantitative estimate of drug-likeness (QED) is 0.780. The van der Waals surface area contributed by atoms with Crippen molar-refractivity contribution in [2.45, 2.75) is 71.9 Å². The highest BCUT2D eigenvalue weighted by atomic mass is 16.2. The number of carbonyl (C=O) groups excluding carboxylic acids is 1. The van der Waals surface area contributed by atoms with E-state index in [4.69, 9.17) is 0 Å². The maximum Gasteiger partial charge on any atom is 0.227 e. The lowest BCUT2D eigenvalue weighted by Gasteiger charge is -2.43. The van der Waals surface area contributed by atoms with Gasteiger partial charge >= 0.3 is 0 Å². The van der Waals surface area contributed by atoms with Gasteiger partial charge in [0.1, 0.15) is 0 Å². The van der Waals surface area contributed by atoms with Gasteiger partial charge < -0.3 is 14.7 Å². The van der Waals surface area contributed by atoms with Gasteiger partial charge in [0.2, 0.25) is 5.91 Å². The predicted octanol–water partition coefficient (Wildman–Crippen LogP) is 3.08. The summed E-state index contributed by atoms with van der Waals surface area (Å²) in [6.45, 7) is 15.8. The molecule has 0 aromatic heterocycles. The van der Waals surface area contributed by atoms with Crippen LogP contribution in [0.15, 0.2) is 0 Å². The summed E-state index contributed by atoms with van der Waals surface area (Å²) in [4.78, 5) is 20.2. The van der Waals surface area contributed by atoms with Gasteiger partial charge in [-0.2, -0.15) is 0 Å². The molecule has 0 spiro atoms. The van der Waals surface area contributed by atoms with Gasteiger partial charge in [-0.3, -0.25) is 4.79 Å². The molecule has 1 atom stereocenters. The normalized spacial score (nSPS) is 28.4. The summed E-state index contributed by atoms with van der Waals surface area (Å²) in [7, 11) is 0. The molecule has 0 bridgehead atoms. The minimum Gasteiger partial charge on any atom is -0.342 e. The van der Waals surface area contributed by atoms with Crippen molar-refractivity contribution < 1.29 is 4.79 Å². The molecule has 4 heteroatoms. The Morgan fingerprint density at radius 3 is 2.00 bits per heavy atom. The fraction of sp³-hybridized carbons (Fsp3) is 0.952. The van der Waals surface area contributed by atoms with Crippen LogP contribution >= 0.6 is 0 Å². The second kappa shape index (κ2) is 8.39. The van der Waals surface area contributed by atoms with Crippen molar-refractivity contribution in [2.75, 3.05) is 39.3 Å². The summed E-state index contributed by atoms with van der Waals surface area (Å²) in [5, 5.41) is 0. The predicted molar refractivity (Wildman–Crippen MR) is 104 cm³/mol. The SMILES string of the molecule is CC(C)C1CCN(C2CCN(C(=O)[C@H]3CCN(C(C)C)C3)CC2)CC1. The van der Waals surface area contributed by atoms with Crippen LogP contribution in [0.4, 0.5) is 0 Å².